The highest BCUT2D eigenvalue weighted by molar-refractivity contribution is 7.25. The summed E-state index contributed by atoms with van der Waals surface area (Å²) in [7, 11) is 2.01. The quantitative estimate of drug-likeness (QED) is 0.710. The zero-order valence-electron chi connectivity index (χ0n) is 10.9. The van der Waals surface area contributed by atoms with Gasteiger partial charge < -0.3 is 5.32 Å². The van der Waals surface area contributed by atoms with Gasteiger partial charge in [-0.2, -0.15) is 0 Å². The zero-order valence-corrected chi connectivity index (χ0v) is 11.8. The van der Waals surface area contributed by atoms with Gasteiger partial charge in [0.2, 0.25) is 0 Å². The van der Waals surface area contributed by atoms with E-state index in [0.29, 0.717) is 0 Å². The summed E-state index contributed by atoms with van der Waals surface area (Å²) in [6.07, 6.45) is 0. The van der Waals surface area contributed by atoms with E-state index in [4.69, 9.17) is 0 Å². The SMILES string of the molecule is CNC(C)(C)c1ccc2c(c1)sc1ccccc12. The molecular weight excluding hydrogens is 238 g/mol. The molecule has 92 valence electrons. The second-order valence-corrected chi connectivity index (χ2v) is 6.27. The lowest BCUT2D eigenvalue weighted by atomic mass is 9.94. The first kappa shape index (κ1) is 11.7. The summed E-state index contributed by atoms with van der Waals surface area (Å²) in [5, 5.41) is 6.09. The van der Waals surface area contributed by atoms with Gasteiger partial charge in [0.15, 0.2) is 0 Å². The third kappa shape index (κ3) is 1.73. The number of fused-ring (bicyclic) bond motifs is 3. The molecule has 0 spiro atoms. The number of benzene rings is 2. The molecule has 0 aliphatic heterocycles. The van der Waals surface area contributed by atoms with Gasteiger partial charge in [0.25, 0.3) is 0 Å². The Morgan fingerprint density at radius 3 is 2.44 bits per heavy atom. The maximum Gasteiger partial charge on any atom is 0.0375 e. The highest BCUT2D eigenvalue weighted by Gasteiger charge is 2.18. The van der Waals surface area contributed by atoms with Crippen molar-refractivity contribution in [2.24, 2.45) is 0 Å². The average molecular weight is 255 g/mol. The van der Waals surface area contributed by atoms with Crippen LogP contribution in [0.25, 0.3) is 20.2 Å². The van der Waals surface area contributed by atoms with Crippen LogP contribution in [-0.2, 0) is 5.54 Å². The minimum absolute atomic E-state index is 0.0182. The van der Waals surface area contributed by atoms with Crippen LogP contribution in [0.4, 0.5) is 0 Å². The molecule has 1 aromatic heterocycles. The van der Waals surface area contributed by atoms with Gasteiger partial charge >= 0.3 is 0 Å². The van der Waals surface area contributed by atoms with Crippen LogP contribution >= 0.6 is 11.3 Å². The van der Waals surface area contributed by atoms with Gasteiger partial charge in [-0.25, -0.2) is 0 Å². The van der Waals surface area contributed by atoms with E-state index in [1.165, 1.54) is 25.7 Å². The molecule has 1 N–H and O–H groups in total. The van der Waals surface area contributed by atoms with Gasteiger partial charge in [-0.15, -0.1) is 11.3 Å². The lowest BCUT2D eigenvalue weighted by Gasteiger charge is -2.24. The minimum atomic E-state index is 0.0182. The van der Waals surface area contributed by atoms with Crippen molar-refractivity contribution in [2.45, 2.75) is 19.4 Å². The molecule has 0 saturated heterocycles. The predicted octanol–water partition coefficient (Wildman–Crippen LogP) is 4.51. The fourth-order valence-electron chi connectivity index (χ4n) is 2.26. The second-order valence-electron chi connectivity index (χ2n) is 5.18. The molecular formula is C16H17NS. The smallest absolute Gasteiger partial charge is 0.0375 e. The molecule has 0 aliphatic carbocycles. The molecule has 0 fully saturated rings. The Balaban J connectivity index is 2.27. The molecule has 2 aromatic carbocycles. The van der Waals surface area contributed by atoms with Crippen molar-refractivity contribution >= 4 is 31.5 Å². The van der Waals surface area contributed by atoms with Gasteiger partial charge in [-0.3, -0.25) is 0 Å². The first-order chi connectivity index (χ1) is 8.62. The highest BCUT2D eigenvalue weighted by atomic mass is 32.1. The summed E-state index contributed by atoms with van der Waals surface area (Å²) < 4.78 is 2.74. The van der Waals surface area contributed by atoms with E-state index in [2.05, 4.69) is 61.6 Å². The summed E-state index contributed by atoms with van der Waals surface area (Å²) in [6, 6.07) is 15.4. The van der Waals surface area contributed by atoms with Gasteiger partial charge in [-0.1, -0.05) is 30.3 Å². The van der Waals surface area contributed by atoms with Crippen molar-refractivity contribution in [2.75, 3.05) is 7.05 Å². The van der Waals surface area contributed by atoms with Crippen LogP contribution in [0.5, 0.6) is 0 Å². The maximum atomic E-state index is 3.36. The van der Waals surface area contributed by atoms with E-state index in [1.54, 1.807) is 0 Å². The molecule has 1 nitrogen and oxygen atoms in total. The standard InChI is InChI=1S/C16H17NS/c1-16(2,17-3)11-8-9-13-12-6-4-5-7-14(12)18-15(13)10-11/h4-10,17H,1-3H3. The maximum absolute atomic E-state index is 3.36. The Hall–Kier alpha value is -1.38. The second kappa shape index (κ2) is 4.08. The molecule has 18 heavy (non-hydrogen) atoms. The Morgan fingerprint density at radius 1 is 0.944 bits per heavy atom. The molecule has 0 saturated carbocycles. The van der Waals surface area contributed by atoms with Crippen molar-refractivity contribution < 1.29 is 0 Å². The first-order valence-electron chi connectivity index (χ1n) is 6.22. The monoisotopic (exact) mass is 255 g/mol. The van der Waals surface area contributed by atoms with Crippen molar-refractivity contribution in [3.05, 3.63) is 48.0 Å². The highest BCUT2D eigenvalue weighted by Crippen LogP contribution is 2.35. The van der Waals surface area contributed by atoms with Crippen LogP contribution in [-0.4, -0.2) is 7.05 Å². The number of hydrogen-bond donors (Lipinski definition) is 1. The Bertz CT molecular complexity index is 709. The van der Waals surface area contributed by atoms with Crippen LogP contribution in [0, 0.1) is 0 Å². The van der Waals surface area contributed by atoms with E-state index in [9.17, 15) is 0 Å². The van der Waals surface area contributed by atoms with Gasteiger partial charge in [0.05, 0.1) is 0 Å². The van der Waals surface area contributed by atoms with Crippen molar-refractivity contribution in [1.29, 1.82) is 0 Å². The number of nitrogens with one attached hydrogen (secondary N) is 1. The van der Waals surface area contributed by atoms with Crippen molar-refractivity contribution in [3.63, 3.8) is 0 Å². The van der Waals surface area contributed by atoms with Crippen molar-refractivity contribution in [1.82, 2.24) is 5.32 Å². The Labute approximate surface area is 111 Å². The van der Waals surface area contributed by atoms with Gasteiger partial charge in [0.1, 0.15) is 0 Å². The minimum Gasteiger partial charge on any atom is -0.311 e. The van der Waals surface area contributed by atoms with E-state index >= 15 is 0 Å². The number of rotatable bonds is 2. The van der Waals surface area contributed by atoms with E-state index in [1.807, 2.05) is 18.4 Å². The van der Waals surface area contributed by atoms with Gasteiger partial charge in [-0.05, 0) is 38.6 Å². The molecule has 0 amide bonds. The summed E-state index contributed by atoms with van der Waals surface area (Å²) in [6.45, 7) is 4.42. The number of hydrogen-bond acceptors (Lipinski definition) is 2. The Morgan fingerprint density at radius 2 is 1.67 bits per heavy atom. The lowest BCUT2D eigenvalue weighted by Crippen LogP contribution is -2.32. The predicted molar refractivity (Wildman–Crippen MR) is 81.4 cm³/mol. The Kier molecular flexibility index (Phi) is 2.65. The molecule has 0 aliphatic rings. The van der Waals surface area contributed by atoms with E-state index < -0.39 is 0 Å². The topological polar surface area (TPSA) is 12.0 Å². The third-order valence-corrected chi connectivity index (χ3v) is 4.86. The molecule has 0 unspecified atom stereocenters. The van der Waals surface area contributed by atoms with Crippen LogP contribution in [0.15, 0.2) is 42.5 Å². The fraction of sp³-hybridized carbons (Fsp3) is 0.250. The fourth-order valence-corrected chi connectivity index (χ4v) is 3.40. The molecule has 0 bridgehead atoms. The molecule has 3 rings (SSSR count). The normalized spacial score (nSPS) is 12.4. The molecule has 0 radical (unpaired) electrons. The molecule has 3 aromatic rings. The first-order valence-corrected chi connectivity index (χ1v) is 7.04. The van der Waals surface area contributed by atoms with Crippen molar-refractivity contribution in [3.8, 4) is 0 Å². The zero-order chi connectivity index (χ0) is 12.8. The summed E-state index contributed by atoms with van der Waals surface area (Å²) in [5.41, 5.74) is 1.36. The average Bonchev–Trinajstić information content (AvgIpc) is 2.76. The lowest BCUT2D eigenvalue weighted by molar-refractivity contribution is 0.445. The summed E-state index contributed by atoms with van der Waals surface area (Å²) in [4.78, 5) is 0. The van der Waals surface area contributed by atoms with Crippen LogP contribution in [0.2, 0.25) is 0 Å². The third-order valence-electron chi connectivity index (χ3n) is 3.73. The molecule has 1 heterocycles. The van der Waals surface area contributed by atoms with Gasteiger partial charge in [0, 0.05) is 25.7 Å². The largest absolute Gasteiger partial charge is 0.311 e. The van der Waals surface area contributed by atoms with Crippen LogP contribution in [0.3, 0.4) is 0 Å². The van der Waals surface area contributed by atoms with Crippen LogP contribution in [0.1, 0.15) is 19.4 Å². The van der Waals surface area contributed by atoms with E-state index in [0.717, 1.165) is 0 Å². The molecule has 2 heteroatoms. The van der Waals surface area contributed by atoms with Crippen LogP contribution < -0.4 is 5.32 Å². The summed E-state index contributed by atoms with van der Waals surface area (Å²) in [5.74, 6) is 0. The summed E-state index contributed by atoms with van der Waals surface area (Å²) >= 11 is 1.87. The molecule has 0 atom stereocenters. The number of thiophene rings is 1. The van der Waals surface area contributed by atoms with E-state index in [-0.39, 0.29) is 5.54 Å².